The molecule has 0 aliphatic rings. The summed E-state index contributed by atoms with van der Waals surface area (Å²) in [6.45, 7) is 0. The predicted molar refractivity (Wildman–Crippen MR) is 81.6 cm³/mol. The summed E-state index contributed by atoms with van der Waals surface area (Å²) >= 11 is 24.1. The van der Waals surface area contributed by atoms with Gasteiger partial charge >= 0.3 is 0 Å². The van der Waals surface area contributed by atoms with E-state index in [0.29, 0.717) is 32.1 Å². The van der Waals surface area contributed by atoms with Crippen LogP contribution in [-0.4, -0.2) is 5.11 Å². The molecule has 1 nitrogen and oxygen atoms in total. The molecular weight excluding hydrogens is 326 g/mol. The molecule has 0 radical (unpaired) electrons. The highest BCUT2D eigenvalue weighted by Gasteiger charge is 2.17. The Morgan fingerprint density at radius 1 is 0.895 bits per heavy atom. The van der Waals surface area contributed by atoms with Gasteiger partial charge in [-0.2, -0.15) is 0 Å². The lowest BCUT2D eigenvalue weighted by molar-refractivity contribution is 0.178. The summed E-state index contributed by atoms with van der Waals surface area (Å²) in [5, 5.41) is 12.3. The lowest BCUT2D eigenvalue weighted by atomic mass is 10.0. The molecule has 2 rings (SSSR count). The fourth-order valence-corrected chi connectivity index (χ4v) is 2.88. The number of halogens is 4. The standard InChI is InChI=1S/C14H10Cl4O/c15-9-4-5-10(16)8(6-9)7-13(19)14-11(17)2-1-3-12(14)18/h1-6,13,19H,7H2. The Morgan fingerprint density at radius 3 is 2.16 bits per heavy atom. The molecule has 2 aromatic carbocycles. The second-order valence-electron chi connectivity index (χ2n) is 4.09. The van der Waals surface area contributed by atoms with E-state index in [1.54, 1.807) is 36.4 Å². The zero-order chi connectivity index (χ0) is 14.0. The molecule has 0 saturated carbocycles. The molecule has 1 N–H and O–H groups in total. The van der Waals surface area contributed by atoms with Crippen LogP contribution in [0.25, 0.3) is 0 Å². The Morgan fingerprint density at radius 2 is 1.53 bits per heavy atom. The van der Waals surface area contributed by atoms with Crippen LogP contribution in [-0.2, 0) is 6.42 Å². The van der Waals surface area contributed by atoms with Crippen LogP contribution in [0.15, 0.2) is 36.4 Å². The van der Waals surface area contributed by atoms with E-state index in [9.17, 15) is 5.11 Å². The highest BCUT2D eigenvalue weighted by Crippen LogP contribution is 2.33. The lowest BCUT2D eigenvalue weighted by Gasteiger charge is -2.15. The monoisotopic (exact) mass is 334 g/mol. The number of aliphatic hydroxyl groups is 1. The molecule has 0 aliphatic carbocycles. The third-order valence-electron chi connectivity index (χ3n) is 2.75. The minimum Gasteiger partial charge on any atom is -0.388 e. The molecule has 0 fully saturated rings. The topological polar surface area (TPSA) is 20.2 Å². The zero-order valence-electron chi connectivity index (χ0n) is 9.71. The molecule has 19 heavy (non-hydrogen) atoms. The highest BCUT2D eigenvalue weighted by atomic mass is 35.5. The number of hydrogen-bond donors (Lipinski definition) is 1. The van der Waals surface area contributed by atoms with E-state index in [0.717, 1.165) is 5.56 Å². The first-order valence-electron chi connectivity index (χ1n) is 5.55. The van der Waals surface area contributed by atoms with Crippen LogP contribution in [0.1, 0.15) is 17.2 Å². The van der Waals surface area contributed by atoms with Crippen molar-refractivity contribution < 1.29 is 5.11 Å². The Labute approximate surface area is 131 Å². The molecule has 0 amide bonds. The van der Waals surface area contributed by atoms with E-state index in [4.69, 9.17) is 46.4 Å². The van der Waals surface area contributed by atoms with Gasteiger partial charge in [-0.25, -0.2) is 0 Å². The maximum Gasteiger partial charge on any atom is 0.0859 e. The number of aliphatic hydroxyl groups excluding tert-OH is 1. The lowest BCUT2D eigenvalue weighted by Crippen LogP contribution is -2.04. The molecule has 1 atom stereocenters. The van der Waals surface area contributed by atoms with Crippen molar-refractivity contribution in [2.75, 3.05) is 0 Å². The van der Waals surface area contributed by atoms with E-state index in [1.165, 1.54) is 0 Å². The molecule has 5 heteroatoms. The van der Waals surface area contributed by atoms with Gasteiger partial charge in [0.1, 0.15) is 0 Å². The van der Waals surface area contributed by atoms with Crippen molar-refractivity contribution in [2.45, 2.75) is 12.5 Å². The fourth-order valence-electron chi connectivity index (χ4n) is 1.84. The molecule has 0 spiro atoms. The Bertz CT molecular complexity index is 578. The van der Waals surface area contributed by atoms with Gasteiger partial charge in [0.2, 0.25) is 0 Å². The van der Waals surface area contributed by atoms with Crippen molar-refractivity contribution in [3.63, 3.8) is 0 Å². The number of rotatable bonds is 3. The van der Waals surface area contributed by atoms with E-state index >= 15 is 0 Å². The van der Waals surface area contributed by atoms with Gasteiger partial charge in [-0.1, -0.05) is 52.5 Å². The van der Waals surface area contributed by atoms with Crippen molar-refractivity contribution in [2.24, 2.45) is 0 Å². The summed E-state index contributed by atoms with van der Waals surface area (Å²) in [5.74, 6) is 0. The summed E-state index contributed by atoms with van der Waals surface area (Å²) in [6.07, 6.45) is -0.541. The third kappa shape index (κ3) is 3.56. The van der Waals surface area contributed by atoms with Gasteiger partial charge < -0.3 is 5.11 Å². The van der Waals surface area contributed by atoms with E-state index in [2.05, 4.69) is 0 Å². The third-order valence-corrected chi connectivity index (χ3v) is 4.02. The first kappa shape index (κ1) is 15.0. The molecule has 100 valence electrons. The summed E-state index contributed by atoms with van der Waals surface area (Å²) in [7, 11) is 0. The molecule has 2 aromatic rings. The van der Waals surface area contributed by atoms with Gasteiger partial charge in [0.25, 0.3) is 0 Å². The minimum absolute atomic E-state index is 0.294. The van der Waals surface area contributed by atoms with E-state index in [-0.39, 0.29) is 0 Å². The largest absolute Gasteiger partial charge is 0.388 e. The van der Waals surface area contributed by atoms with Gasteiger partial charge in [-0.3, -0.25) is 0 Å². The van der Waals surface area contributed by atoms with Crippen molar-refractivity contribution in [1.29, 1.82) is 0 Å². The fraction of sp³-hybridized carbons (Fsp3) is 0.143. The van der Waals surface area contributed by atoms with Crippen LogP contribution in [0, 0.1) is 0 Å². The SMILES string of the molecule is OC(Cc1cc(Cl)ccc1Cl)c1c(Cl)cccc1Cl. The summed E-state index contributed by atoms with van der Waals surface area (Å²) in [5.41, 5.74) is 1.25. The van der Waals surface area contributed by atoms with Gasteiger partial charge in [-0.15, -0.1) is 0 Å². The second kappa shape index (κ2) is 6.34. The molecule has 1 unspecified atom stereocenters. The molecule has 0 aliphatic heterocycles. The van der Waals surface area contributed by atoms with Crippen LogP contribution in [0.2, 0.25) is 20.1 Å². The Hall–Kier alpha value is -0.440. The normalized spacial score (nSPS) is 12.5. The zero-order valence-corrected chi connectivity index (χ0v) is 12.7. The second-order valence-corrected chi connectivity index (χ2v) is 5.75. The van der Waals surface area contributed by atoms with Crippen molar-refractivity contribution >= 4 is 46.4 Å². The van der Waals surface area contributed by atoms with Crippen molar-refractivity contribution in [1.82, 2.24) is 0 Å². The molecule has 0 heterocycles. The summed E-state index contributed by atoms with van der Waals surface area (Å²) in [4.78, 5) is 0. The van der Waals surface area contributed by atoms with Crippen LogP contribution in [0.5, 0.6) is 0 Å². The molecule has 0 bridgehead atoms. The maximum atomic E-state index is 10.3. The summed E-state index contributed by atoms with van der Waals surface area (Å²) in [6, 6.07) is 10.2. The smallest absolute Gasteiger partial charge is 0.0859 e. The quantitative estimate of drug-likeness (QED) is 0.776. The van der Waals surface area contributed by atoms with Gasteiger partial charge in [-0.05, 0) is 35.9 Å². The molecular formula is C14H10Cl4O. The Kier molecular flexibility index (Phi) is 4.99. The van der Waals surface area contributed by atoms with Crippen LogP contribution in [0.4, 0.5) is 0 Å². The van der Waals surface area contributed by atoms with Crippen LogP contribution < -0.4 is 0 Å². The van der Waals surface area contributed by atoms with Crippen molar-refractivity contribution in [3.05, 3.63) is 67.6 Å². The maximum absolute atomic E-state index is 10.3. The molecule has 0 saturated heterocycles. The number of benzene rings is 2. The van der Waals surface area contributed by atoms with E-state index in [1.807, 2.05) is 0 Å². The molecule has 0 aromatic heterocycles. The van der Waals surface area contributed by atoms with E-state index < -0.39 is 6.10 Å². The minimum atomic E-state index is -0.836. The van der Waals surface area contributed by atoms with Crippen LogP contribution in [0.3, 0.4) is 0 Å². The van der Waals surface area contributed by atoms with Crippen molar-refractivity contribution in [3.8, 4) is 0 Å². The van der Waals surface area contributed by atoms with Gasteiger partial charge in [0, 0.05) is 32.1 Å². The highest BCUT2D eigenvalue weighted by molar-refractivity contribution is 6.36. The number of hydrogen-bond acceptors (Lipinski definition) is 1. The predicted octanol–water partition coefficient (Wildman–Crippen LogP) is 5.58. The summed E-state index contributed by atoms with van der Waals surface area (Å²) < 4.78 is 0. The average Bonchev–Trinajstić information content (AvgIpc) is 2.33. The van der Waals surface area contributed by atoms with Gasteiger partial charge in [0.15, 0.2) is 0 Å². The first-order chi connectivity index (χ1) is 8.99. The van der Waals surface area contributed by atoms with Crippen LogP contribution >= 0.6 is 46.4 Å². The average molecular weight is 336 g/mol. The Balaban J connectivity index is 2.31. The van der Waals surface area contributed by atoms with Gasteiger partial charge in [0.05, 0.1) is 6.10 Å². The first-order valence-corrected chi connectivity index (χ1v) is 7.06.